The second kappa shape index (κ2) is 11.2. The van der Waals surface area contributed by atoms with Gasteiger partial charge in [-0.05, 0) is 49.8 Å². The molecule has 0 aliphatic carbocycles. The number of pyridine rings is 1. The van der Waals surface area contributed by atoms with E-state index in [1.807, 2.05) is 34.6 Å². The smallest absolute Gasteiger partial charge is 0.237 e. The number of halogens is 4. The summed E-state index contributed by atoms with van der Waals surface area (Å²) in [5.74, 6) is -3.58. The van der Waals surface area contributed by atoms with Crippen LogP contribution in [0.25, 0.3) is 0 Å². The summed E-state index contributed by atoms with van der Waals surface area (Å²) in [7, 11) is 0. The molecule has 5 atom stereocenters. The first kappa shape index (κ1) is 30.1. The van der Waals surface area contributed by atoms with Crippen LogP contribution in [-0.4, -0.2) is 48.0 Å². The van der Waals surface area contributed by atoms with Crippen LogP contribution in [0.3, 0.4) is 0 Å². The number of carbonyl (C=O) groups is 1. The standard InChI is InChI=1S/C28H36Cl2F2N4O3/c1-26(2,3)12-20-28(33,24-19(31)11-15(29)13-35-24)21(17-7-6-8-18(30)22(17)32)23(36-20)25(37)34-10-9-16-14-38-27(4,5)39-16/h6-8,11,13,16,20-21,23,36H,9-10,12,14,33H2,1-5H3,(H,34,37)/t16-,20-,21-,23+,28+/m0/s1. The molecule has 4 rings (SSSR count). The number of hydrogen-bond donors (Lipinski definition) is 3. The topological polar surface area (TPSA) is 98.5 Å². The Hall–Kier alpha value is -1.88. The molecule has 0 bridgehead atoms. The molecule has 7 nitrogen and oxygen atoms in total. The molecule has 4 N–H and O–H groups in total. The maximum Gasteiger partial charge on any atom is 0.237 e. The van der Waals surface area contributed by atoms with Gasteiger partial charge in [-0.3, -0.25) is 9.78 Å². The van der Waals surface area contributed by atoms with Gasteiger partial charge in [0.2, 0.25) is 5.91 Å². The lowest BCUT2D eigenvalue weighted by molar-refractivity contribution is -0.138. The Kier molecular flexibility index (Phi) is 8.63. The molecule has 3 heterocycles. The highest BCUT2D eigenvalue weighted by molar-refractivity contribution is 6.31. The third-order valence-corrected chi connectivity index (χ3v) is 7.77. The zero-order valence-electron chi connectivity index (χ0n) is 22.8. The van der Waals surface area contributed by atoms with Crippen LogP contribution < -0.4 is 16.4 Å². The lowest BCUT2D eigenvalue weighted by Gasteiger charge is -2.38. The molecule has 1 amide bonds. The van der Waals surface area contributed by atoms with E-state index in [0.29, 0.717) is 26.0 Å². The van der Waals surface area contributed by atoms with Gasteiger partial charge in [-0.25, -0.2) is 8.78 Å². The molecule has 0 unspecified atom stereocenters. The quantitative estimate of drug-likeness (QED) is 0.422. The average Bonchev–Trinajstić information content (AvgIpc) is 3.31. The second-order valence-electron chi connectivity index (χ2n) is 12.0. The fourth-order valence-electron chi connectivity index (χ4n) is 5.63. The van der Waals surface area contributed by atoms with Crippen molar-refractivity contribution < 1.29 is 23.0 Å². The minimum absolute atomic E-state index is 0.0965. The number of benzene rings is 1. The highest BCUT2D eigenvalue weighted by Gasteiger charge is 2.59. The number of amides is 1. The maximum absolute atomic E-state index is 15.6. The van der Waals surface area contributed by atoms with Crippen molar-refractivity contribution in [3.63, 3.8) is 0 Å². The average molecular weight is 586 g/mol. The van der Waals surface area contributed by atoms with Crippen LogP contribution >= 0.6 is 23.2 Å². The van der Waals surface area contributed by atoms with Crippen LogP contribution in [0.4, 0.5) is 8.78 Å². The Balaban J connectivity index is 1.74. The highest BCUT2D eigenvalue weighted by atomic mass is 35.5. The van der Waals surface area contributed by atoms with Gasteiger partial charge in [-0.2, -0.15) is 0 Å². The zero-order chi connectivity index (χ0) is 28.8. The van der Waals surface area contributed by atoms with Crippen molar-refractivity contribution >= 4 is 29.1 Å². The molecule has 2 aromatic rings. The van der Waals surface area contributed by atoms with Crippen molar-refractivity contribution in [1.82, 2.24) is 15.6 Å². The number of hydrogen-bond acceptors (Lipinski definition) is 6. The van der Waals surface area contributed by atoms with Gasteiger partial charge in [0.1, 0.15) is 11.6 Å². The summed E-state index contributed by atoms with van der Waals surface area (Å²) in [6.07, 6.45) is 2.09. The first-order valence-corrected chi connectivity index (χ1v) is 13.8. The van der Waals surface area contributed by atoms with Crippen molar-refractivity contribution in [2.24, 2.45) is 11.1 Å². The molecule has 1 aromatic heterocycles. The first-order chi connectivity index (χ1) is 18.1. The van der Waals surface area contributed by atoms with Crippen LogP contribution in [0, 0.1) is 17.0 Å². The molecule has 2 saturated heterocycles. The molecule has 0 saturated carbocycles. The molecule has 214 valence electrons. The summed E-state index contributed by atoms with van der Waals surface area (Å²) in [5.41, 5.74) is 5.22. The summed E-state index contributed by atoms with van der Waals surface area (Å²) in [6.45, 7) is 10.4. The minimum atomic E-state index is -1.62. The van der Waals surface area contributed by atoms with Crippen molar-refractivity contribution in [2.45, 2.75) is 82.9 Å². The van der Waals surface area contributed by atoms with Gasteiger partial charge < -0.3 is 25.8 Å². The third kappa shape index (κ3) is 6.39. The Bertz CT molecular complexity index is 1230. The van der Waals surface area contributed by atoms with E-state index in [9.17, 15) is 4.79 Å². The second-order valence-corrected chi connectivity index (χ2v) is 12.9. The van der Waals surface area contributed by atoms with E-state index < -0.39 is 46.9 Å². The molecule has 0 spiro atoms. The summed E-state index contributed by atoms with van der Waals surface area (Å²) in [4.78, 5) is 18.0. The van der Waals surface area contributed by atoms with Crippen LogP contribution in [0.15, 0.2) is 30.5 Å². The maximum atomic E-state index is 15.6. The van der Waals surface area contributed by atoms with Crippen LogP contribution in [0.1, 0.15) is 64.6 Å². The molecule has 11 heteroatoms. The fraction of sp³-hybridized carbons (Fsp3) is 0.571. The normalized spacial score (nSPS) is 28.6. The van der Waals surface area contributed by atoms with E-state index in [1.165, 1.54) is 18.3 Å². The highest BCUT2D eigenvalue weighted by Crippen LogP contribution is 2.49. The lowest BCUT2D eigenvalue weighted by atomic mass is 9.70. The SMILES string of the molecule is CC(C)(C)C[C@@H]1N[C@@H](C(=O)NCC[C@H]2COC(C)(C)O2)[C@H](c2cccc(Cl)c2F)[C@@]1(N)c1ncc(Cl)cc1F. The predicted molar refractivity (Wildman–Crippen MR) is 147 cm³/mol. The van der Waals surface area contributed by atoms with Gasteiger partial charge in [0.15, 0.2) is 5.79 Å². The Morgan fingerprint density at radius 3 is 2.62 bits per heavy atom. The molecule has 2 aliphatic heterocycles. The number of ether oxygens (including phenoxy) is 2. The molecule has 2 aliphatic rings. The van der Waals surface area contributed by atoms with E-state index in [1.54, 1.807) is 6.07 Å². The van der Waals surface area contributed by atoms with Gasteiger partial charge in [-0.15, -0.1) is 0 Å². The van der Waals surface area contributed by atoms with Crippen molar-refractivity contribution in [2.75, 3.05) is 13.2 Å². The largest absolute Gasteiger partial charge is 0.355 e. The van der Waals surface area contributed by atoms with E-state index in [4.69, 9.17) is 38.4 Å². The first-order valence-electron chi connectivity index (χ1n) is 13.0. The summed E-state index contributed by atoms with van der Waals surface area (Å²) < 4.78 is 42.5. The van der Waals surface area contributed by atoms with Crippen molar-refractivity contribution in [1.29, 1.82) is 0 Å². The van der Waals surface area contributed by atoms with Crippen LogP contribution in [0.2, 0.25) is 10.0 Å². The Morgan fingerprint density at radius 2 is 2.00 bits per heavy atom. The number of carbonyl (C=O) groups excluding carboxylic acids is 1. The van der Waals surface area contributed by atoms with Gasteiger partial charge in [-0.1, -0.05) is 56.1 Å². The van der Waals surface area contributed by atoms with E-state index >= 15 is 8.78 Å². The van der Waals surface area contributed by atoms with Gasteiger partial charge in [0.05, 0.1) is 40.0 Å². The minimum Gasteiger partial charge on any atom is -0.355 e. The van der Waals surface area contributed by atoms with Crippen LogP contribution in [0.5, 0.6) is 0 Å². The zero-order valence-corrected chi connectivity index (χ0v) is 24.3. The Labute approximate surface area is 238 Å². The number of aromatic nitrogens is 1. The van der Waals surface area contributed by atoms with Crippen LogP contribution in [-0.2, 0) is 19.8 Å². The molecular formula is C28H36Cl2F2N4O3. The number of rotatable bonds is 7. The summed E-state index contributed by atoms with van der Waals surface area (Å²) >= 11 is 12.2. The van der Waals surface area contributed by atoms with Gasteiger partial charge >= 0.3 is 0 Å². The van der Waals surface area contributed by atoms with E-state index in [2.05, 4.69) is 15.6 Å². The molecule has 2 fully saturated rings. The predicted octanol–water partition coefficient (Wildman–Crippen LogP) is 5.04. The Morgan fingerprint density at radius 1 is 1.28 bits per heavy atom. The molecular weight excluding hydrogens is 549 g/mol. The lowest BCUT2D eigenvalue weighted by Crippen LogP contribution is -2.53. The van der Waals surface area contributed by atoms with Crippen molar-refractivity contribution in [3.05, 3.63) is 63.4 Å². The number of nitrogens with one attached hydrogen (secondary N) is 2. The number of nitrogens with zero attached hydrogens (tertiary/aromatic N) is 1. The summed E-state index contributed by atoms with van der Waals surface area (Å²) in [5, 5.41) is 6.22. The fourth-order valence-corrected chi connectivity index (χ4v) is 5.95. The molecule has 0 radical (unpaired) electrons. The van der Waals surface area contributed by atoms with Gasteiger partial charge in [0.25, 0.3) is 0 Å². The van der Waals surface area contributed by atoms with E-state index in [0.717, 1.165) is 6.07 Å². The van der Waals surface area contributed by atoms with E-state index in [-0.39, 0.29) is 32.8 Å². The summed E-state index contributed by atoms with van der Waals surface area (Å²) in [6, 6.07) is 3.98. The molecule has 39 heavy (non-hydrogen) atoms. The molecule has 1 aromatic carbocycles. The monoisotopic (exact) mass is 584 g/mol. The van der Waals surface area contributed by atoms with Gasteiger partial charge in [0, 0.05) is 24.7 Å². The van der Waals surface area contributed by atoms with Crippen molar-refractivity contribution in [3.8, 4) is 0 Å². The number of nitrogens with two attached hydrogens (primary N) is 1. The third-order valence-electron chi connectivity index (χ3n) is 7.27.